The molecule has 0 spiro atoms. The minimum atomic E-state index is -0.125. The maximum Gasteiger partial charge on any atom is 0.227 e. The first kappa shape index (κ1) is 14.8. The van der Waals surface area contributed by atoms with Crippen molar-refractivity contribution in [3.05, 3.63) is 0 Å². The summed E-state index contributed by atoms with van der Waals surface area (Å²) in [6.07, 6.45) is 9.67. The number of rotatable bonds is 5. The SMILES string of the molecule is CCCC1(C(=O)NCC2(C)CCCCC2)CCNC1. The molecule has 1 unspecified atom stereocenters. The van der Waals surface area contributed by atoms with E-state index in [0.717, 1.165) is 38.9 Å². The summed E-state index contributed by atoms with van der Waals surface area (Å²) in [7, 11) is 0. The van der Waals surface area contributed by atoms with E-state index in [9.17, 15) is 4.79 Å². The quantitative estimate of drug-likeness (QED) is 0.803. The summed E-state index contributed by atoms with van der Waals surface area (Å²) in [5.41, 5.74) is 0.215. The smallest absolute Gasteiger partial charge is 0.227 e. The molecule has 1 aliphatic carbocycles. The number of hydrogen-bond acceptors (Lipinski definition) is 2. The highest BCUT2D eigenvalue weighted by atomic mass is 16.2. The summed E-state index contributed by atoms with van der Waals surface area (Å²) in [4.78, 5) is 12.6. The van der Waals surface area contributed by atoms with Gasteiger partial charge in [0.2, 0.25) is 5.91 Å². The minimum absolute atomic E-state index is 0.125. The fourth-order valence-electron chi connectivity index (χ4n) is 3.81. The average Bonchev–Trinajstić information content (AvgIpc) is 2.87. The zero-order valence-corrected chi connectivity index (χ0v) is 12.7. The first-order chi connectivity index (χ1) is 9.10. The van der Waals surface area contributed by atoms with Gasteiger partial charge in [0.05, 0.1) is 5.41 Å². The lowest BCUT2D eigenvalue weighted by molar-refractivity contribution is -0.131. The second kappa shape index (κ2) is 6.25. The third-order valence-electron chi connectivity index (χ3n) is 5.19. The molecule has 1 aliphatic heterocycles. The summed E-state index contributed by atoms with van der Waals surface area (Å²) < 4.78 is 0. The van der Waals surface area contributed by atoms with Gasteiger partial charge in [-0.25, -0.2) is 0 Å². The monoisotopic (exact) mass is 266 g/mol. The van der Waals surface area contributed by atoms with Crippen LogP contribution in [0.25, 0.3) is 0 Å². The first-order valence-corrected chi connectivity index (χ1v) is 8.09. The lowest BCUT2D eigenvalue weighted by Gasteiger charge is -2.35. The molecule has 1 amide bonds. The van der Waals surface area contributed by atoms with E-state index >= 15 is 0 Å². The van der Waals surface area contributed by atoms with E-state index in [1.54, 1.807) is 0 Å². The Balaban J connectivity index is 1.88. The number of amides is 1. The molecule has 2 N–H and O–H groups in total. The van der Waals surface area contributed by atoms with Gasteiger partial charge in [-0.2, -0.15) is 0 Å². The summed E-state index contributed by atoms with van der Waals surface area (Å²) in [6, 6.07) is 0. The van der Waals surface area contributed by atoms with Crippen molar-refractivity contribution in [2.45, 2.75) is 65.2 Å². The molecule has 0 aromatic carbocycles. The van der Waals surface area contributed by atoms with E-state index in [1.165, 1.54) is 32.1 Å². The zero-order valence-electron chi connectivity index (χ0n) is 12.7. The Bertz CT molecular complexity index is 302. The molecule has 1 saturated carbocycles. The summed E-state index contributed by atoms with van der Waals surface area (Å²) in [5.74, 6) is 0.297. The molecule has 1 heterocycles. The second-order valence-electron chi connectivity index (χ2n) is 7.01. The van der Waals surface area contributed by atoms with Gasteiger partial charge >= 0.3 is 0 Å². The normalized spacial score (nSPS) is 30.2. The number of carbonyl (C=O) groups excluding carboxylic acids is 1. The Hall–Kier alpha value is -0.570. The summed E-state index contributed by atoms with van der Waals surface area (Å²) in [6.45, 7) is 7.24. The van der Waals surface area contributed by atoms with Crippen LogP contribution in [0.15, 0.2) is 0 Å². The van der Waals surface area contributed by atoms with Crippen molar-refractivity contribution < 1.29 is 4.79 Å². The van der Waals surface area contributed by atoms with E-state index in [4.69, 9.17) is 0 Å². The molecule has 2 fully saturated rings. The molecule has 3 nitrogen and oxygen atoms in total. The fraction of sp³-hybridized carbons (Fsp3) is 0.938. The molecule has 19 heavy (non-hydrogen) atoms. The molecule has 2 rings (SSSR count). The lowest BCUT2D eigenvalue weighted by Crippen LogP contribution is -2.46. The minimum Gasteiger partial charge on any atom is -0.355 e. The number of nitrogens with one attached hydrogen (secondary N) is 2. The predicted octanol–water partition coefficient (Wildman–Crippen LogP) is 2.85. The Morgan fingerprint density at radius 2 is 1.95 bits per heavy atom. The lowest BCUT2D eigenvalue weighted by atomic mass is 9.75. The summed E-state index contributed by atoms with van der Waals surface area (Å²) in [5, 5.41) is 6.65. The van der Waals surface area contributed by atoms with Crippen LogP contribution >= 0.6 is 0 Å². The van der Waals surface area contributed by atoms with Gasteiger partial charge in [-0.3, -0.25) is 4.79 Å². The van der Waals surface area contributed by atoms with Crippen molar-refractivity contribution in [3.8, 4) is 0 Å². The molecular weight excluding hydrogens is 236 g/mol. The van der Waals surface area contributed by atoms with Gasteiger partial charge in [-0.15, -0.1) is 0 Å². The van der Waals surface area contributed by atoms with Crippen LogP contribution in [0.2, 0.25) is 0 Å². The van der Waals surface area contributed by atoms with Crippen molar-refractivity contribution in [1.29, 1.82) is 0 Å². The van der Waals surface area contributed by atoms with Crippen LogP contribution in [0.5, 0.6) is 0 Å². The number of carbonyl (C=O) groups is 1. The Labute approximate surface area is 117 Å². The topological polar surface area (TPSA) is 41.1 Å². The molecule has 0 bridgehead atoms. The molecule has 0 radical (unpaired) electrons. The maximum absolute atomic E-state index is 12.6. The molecule has 0 aromatic heterocycles. The van der Waals surface area contributed by atoms with Crippen LogP contribution in [0, 0.1) is 10.8 Å². The van der Waals surface area contributed by atoms with Crippen molar-refractivity contribution in [1.82, 2.24) is 10.6 Å². The van der Waals surface area contributed by atoms with E-state index in [2.05, 4.69) is 24.5 Å². The number of hydrogen-bond donors (Lipinski definition) is 2. The molecule has 2 aliphatic rings. The van der Waals surface area contributed by atoms with Crippen molar-refractivity contribution in [2.24, 2.45) is 10.8 Å². The van der Waals surface area contributed by atoms with Gasteiger partial charge in [0.1, 0.15) is 0 Å². The molecule has 110 valence electrons. The highest BCUT2D eigenvalue weighted by Crippen LogP contribution is 2.36. The van der Waals surface area contributed by atoms with Gasteiger partial charge in [-0.1, -0.05) is 39.5 Å². The van der Waals surface area contributed by atoms with Gasteiger partial charge < -0.3 is 10.6 Å². The molecular formula is C16H30N2O. The van der Waals surface area contributed by atoms with E-state index in [1.807, 2.05) is 0 Å². The highest BCUT2D eigenvalue weighted by molar-refractivity contribution is 5.83. The van der Waals surface area contributed by atoms with Crippen LogP contribution in [-0.2, 0) is 4.79 Å². The molecule has 1 atom stereocenters. The largest absolute Gasteiger partial charge is 0.355 e. The van der Waals surface area contributed by atoms with Crippen LogP contribution in [0.3, 0.4) is 0 Å². The first-order valence-electron chi connectivity index (χ1n) is 8.09. The third-order valence-corrected chi connectivity index (χ3v) is 5.19. The van der Waals surface area contributed by atoms with Crippen LogP contribution in [-0.4, -0.2) is 25.5 Å². The predicted molar refractivity (Wildman–Crippen MR) is 79.0 cm³/mol. The van der Waals surface area contributed by atoms with Crippen LogP contribution in [0.1, 0.15) is 65.2 Å². The highest BCUT2D eigenvalue weighted by Gasteiger charge is 2.40. The van der Waals surface area contributed by atoms with Crippen LogP contribution in [0.4, 0.5) is 0 Å². The Morgan fingerprint density at radius 1 is 1.21 bits per heavy atom. The Morgan fingerprint density at radius 3 is 2.53 bits per heavy atom. The molecule has 0 aromatic rings. The van der Waals surface area contributed by atoms with Crippen LogP contribution < -0.4 is 10.6 Å². The maximum atomic E-state index is 12.6. The van der Waals surface area contributed by atoms with Crippen molar-refractivity contribution >= 4 is 5.91 Å². The fourth-order valence-corrected chi connectivity index (χ4v) is 3.81. The van der Waals surface area contributed by atoms with Gasteiger partial charge in [-0.05, 0) is 37.6 Å². The Kier molecular flexibility index (Phi) is 4.88. The van der Waals surface area contributed by atoms with Crippen molar-refractivity contribution in [2.75, 3.05) is 19.6 Å². The zero-order chi connectivity index (χ0) is 13.8. The van der Waals surface area contributed by atoms with E-state index < -0.39 is 0 Å². The second-order valence-corrected chi connectivity index (χ2v) is 7.01. The summed E-state index contributed by atoms with van der Waals surface area (Å²) >= 11 is 0. The van der Waals surface area contributed by atoms with E-state index in [0.29, 0.717) is 11.3 Å². The van der Waals surface area contributed by atoms with E-state index in [-0.39, 0.29) is 5.41 Å². The molecule has 1 saturated heterocycles. The van der Waals surface area contributed by atoms with Gasteiger partial charge in [0, 0.05) is 13.1 Å². The third kappa shape index (κ3) is 3.50. The standard InChI is InChI=1S/C16H30N2O/c1-3-7-16(10-11-17-13-16)14(19)18-12-15(2)8-5-4-6-9-15/h17H,3-13H2,1-2H3,(H,18,19). The van der Waals surface area contributed by atoms with Crippen molar-refractivity contribution in [3.63, 3.8) is 0 Å². The van der Waals surface area contributed by atoms with Gasteiger partial charge in [0.15, 0.2) is 0 Å². The molecule has 3 heteroatoms. The van der Waals surface area contributed by atoms with Gasteiger partial charge in [0.25, 0.3) is 0 Å². The average molecular weight is 266 g/mol.